The number of hydrogen-bond acceptors (Lipinski definition) is 6. The van der Waals surface area contributed by atoms with Gasteiger partial charge in [-0.15, -0.1) is 0 Å². The van der Waals surface area contributed by atoms with Gasteiger partial charge in [0, 0.05) is 5.56 Å². The van der Waals surface area contributed by atoms with Crippen LogP contribution in [0.4, 0.5) is 0 Å². The lowest BCUT2D eigenvalue weighted by atomic mass is 10.0. The first-order valence-corrected chi connectivity index (χ1v) is 10.7. The lowest BCUT2D eigenvalue weighted by Crippen LogP contribution is -2.20. The number of carbonyl (C=O) groups excluding carboxylic acids is 2. The molecule has 0 amide bonds. The maximum atomic E-state index is 12.3. The molecule has 0 fully saturated rings. The highest BCUT2D eigenvalue weighted by Gasteiger charge is 2.21. The molecule has 8 heteroatoms. The van der Waals surface area contributed by atoms with E-state index in [-0.39, 0.29) is 22.0 Å². The van der Waals surface area contributed by atoms with Gasteiger partial charge in [0.25, 0.3) is 0 Å². The van der Waals surface area contributed by atoms with E-state index in [1.165, 1.54) is 26.3 Å². The van der Waals surface area contributed by atoms with Gasteiger partial charge in [0.15, 0.2) is 12.4 Å². The van der Waals surface area contributed by atoms with E-state index in [2.05, 4.69) is 11.6 Å². The van der Waals surface area contributed by atoms with Crippen LogP contribution in [-0.2, 0) is 21.2 Å². The van der Waals surface area contributed by atoms with E-state index in [9.17, 15) is 18.0 Å². The summed E-state index contributed by atoms with van der Waals surface area (Å²) in [4.78, 5) is 24.4. The van der Waals surface area contributed by atoms with Crippen LogP contribution in [0.5, 0.6) is 5.75 Å². The number of methoxy groups -OCH3 is 1. The molecule has 0 bridgehead atoms. The minimum Gasteiger partial charge on any atom is -0.495 e. The van der Waals surface area contributed by atoms with Crippen LogP contribution in [0.25, 0.3) is 0 Å². The van der Waals surface area contributed by atoms with E-state index in [0.29, 0.717) is 5.56 Å². The third kappa shape index (κ3) is 5.88. The Balaban J connectivity index is 2.07. The molecule has 0 aliphatic rings. The molecule has 156 valence electrons. The Bertz CT molecular complexity index is 967. The second-order valence-corrected chi connectivity index (χ2v) is 8.23. The molecule has 0 aliphatic heterocycles. The van der Waals surface area contributed by atoms with Crippen molar-refractivity contribution in [3.63, 3.8) is 0 Å². The lowest BCUT2D eigenvalue weighted by molar-refractivity contribution is 0.0474. The number of Topliss-reactive ketones (excluding diaryl/α,β-unsaturated/α-hetero) is 1. The number of benzene rings is 2. The van der Waals surface area contributed by atoms with Crippen LogP contribution in [0.3, 0.4) is 0 Å². The molecule has 0 spiro atoms. The van der Waals surface area contributed by atoms with Gasteiger partial charge in [-0.3, -0.25) is 4.79 Å². The molecule has 1 N–H and O–H groups in total. The Kier molecular flexibility index (Phi) is 7.92. The molecule has 2 aromatic carbocycles. The summed E-state index contributed by atoms with van der Waals surface area (Å²) in [7, 11) is -1.25. The number of esters is 1. The third-order valence-corrected chi connectivity index (χ3v) is 5.82. The smallest absolute Gasteiger partial charge is 0.338 e. The van der Waals surface area contributed by atoms with Crippen molar-refractivity contribution < 1.29 is 27.5 Å². The molecule has 0 aliphatic carbocycles. The van der Waals surface area contributed by atoms with Crippen molar-refractivity contribution in [3.05, 3.63) is 59.2 Å². The van der Waals surface area contributed by atoms with E-state index in [0.717, 1.165) is 30.9 Å². The number of ether oxygens (including phenoxy) is 2. The van der Waals surface area contributed by atoms with Crippen molar-refractivity contribution in [1.82, 2.24) is 4.72 Å². The van der Waals surface area contributed by atoms with Gasteiger partial charge in [-0.05, 0) is 43.7 Å². The predicted octanol–water partition coefficient (Wildman–Crippen LogP) is 2.99. The molecule has 2 aromatic rings. The minimum atomic E-state index is -3.83. The summed E-state index contributed by atoms with van der Waals surface area (Å²) in [6.07, 6.45) is 3.13. The topological polar surface area (TPSA) is 98.8 Å². The van der Waals surface area contributed by atoms with Crippen LogP contribution in [0, 0.1) is 0 Å². The van der Waals surface area contributed by atoms with E-state index < -0.39 is 22.6 Å². The Labute approximate surface area is 171 Å². The second-order valence-electron chi connectivity index (χ2n) is 6.37. The Hall–Kier alpha value is -2.71. The zero-order valence-electron chi connectivity index (χ0n) is 16.7. The summed E-state index contributed by atoms with van der Waals surface area (Å²) >= 11 is 0. The molecule has 0 radical (unpaired) electrons. The highest BCUT2D eigenvalue weighted by molar-refractivity contribution is 7.89. The van der Waals surface area contributed by atoms with E-state index >= 15 is 0 Å². The number of hydrogen-bond donors (Lipinski definition) is 1. The standard InChI is InChI=1S/C21H25NO6S/c1-4-5-6-15-7-9-16(10-8-15)18(23)14-28-21(24)17-11-12-19(27-3)20(13-17)29(25,26)22-2/h7-13,22H,4-6,14H2,1-3H3. The van der Waals surface area contributed by atoms with Gasteiger partial charge in [-0.1, -0.05) is 37.6 Å². The van der Waals surface area contributed by atoms with Gasteiger partial charge in [-0.25, -0.2) is 17.9 Å². The molecule has 7 nitrogen and oxygen atoms in total. The average molecular weight is 419 g/mol. The first-order chi connectivity index (χ1) is 13.8. The molecular weight excluding hydrogens is 394 g/mol. The number of ketones is 1. The highest BCUT2D eigenvalue weighted by atomic mass is 32.2. The van der Waals surface area contributed by atoms with Crippen molar-refractivity contribution in [2.24, 2.45) is 0 Å². The summed E-state index contributed by atoms with van der Waals surface area (Å²) in [5.41, 5.74) is 1.60. The van der Waals surface area contributed by atoms with Crippen molar-refractivity contribution in [1.29, 1.82) is 0 Å². The van der Waals surface area contributed by atoms with Crippen LogP contribution < -0.4 is 9.46 Å². The largest absolute Gasteiger partial charge is 0.495 e. The third-order valence-electron chi connectivity index (χ3n) is 4.39. The van der Waals surface area contributed by atoms with Crippen molar-refractivity contribution in [2.75, 3.05) is 20.8 Å². The Morgan fingerprint density at radius 2 is 1.69 bits per heavy atom. The molecule has 0 unspecified atom stereocenters. The first-order valence-electron chi connectivity index (χ1n) is 9.23. The Morgan fingerprint density at radius 3 is 2.28 bits per heavy atom. The van der Waals surface area contributed by atoms with Gasteiger partial charge in [-0.2, -0.15) is 0 Å². The minimum absolute atomic E-state index is 0.00217. The summed E-state index contributed by atoms with van der Waals surface area (Å²) in [6.45, 7) is 1.68. The molecule has 0 heterocycles. The number of carbonyl (C=O) groups is 2. The fourth-order valence-corrected chi connectivity index (χ4v) is 3.58. The quantitative estimate of drug-likeness (QED) is 0.470. The van der Waals surface area contributed by atoms with Gasteiger partial charge >= 0.3 is 5.97 Å². The Morgan fingerprint density at radius 1 is 1.03 bits per heavy atom. The van der Waals surface area contributed by atoms with Gasteiger partial charge in [0.1, 0.15) is 10.6 Å². The zero-order valence-corrected chi connectivity index (χ0v) is 17.5. The molecule has 29 heavy (non-hydrogen) atoms. The summed E-state index contributed by atoms with van der Waals surface area (Å²) in [5.74, 6) is -1.04. The SMILES string of the molecule is CCCCc1ccc(C(=O)COC(=O)c2ccc(OC)c(S(=O)(=O)NC)c2)cc1. The first kappa shape index (κ1) is 22.6. The van der Waals surface area contributed by atoms with Crippen molar-refractivity contribution in [3.8, 4) is 5.75 Å². The monoisotopic (exact) mass is 419 g/mol. The second kappa shape index (κ2) is 10.2. The average Bonchev–Trinajstić information content (AvgIpc) is 2.75. The number of unbranched alkanes of at least 4 members (excludes halogenated alkanes) is 1. The zero-order chi connectivity index (χ0) is 21.4. The highest BCUT2D eigenvalue weighted by Crippen LogP contribution is 2.25. The normalized spacial score (nSPS) is 11.1. The molecule has 0 saturated carbocycles. The van der Waals surface area contributed by atoms with Crippen LogP contribution in [-0.4, -0.2) is 40.9 Å². The predicted molar refractivity (Wildman–Crippen MR) is 109 cm³/mol. The maximum Gasteiger partial charge on any atom is 0.338 e. The van der Waals surface area contributed by atoms with E-state index in [1.54, 1.807) is 12.1 Å². The summed E-state index contributed by atoms with van der Waals surface area (Å²) in [5, 5.41) is 0. The van der Waals surface area contributed by atoms with Crippen molar-refractivity contribution >= 4 is 21.8 Å². The molecule has 2 rings (SSSR count). The fourth-order valence-electron chi connectivity index (χ4n) is 2.66. The van der Waals surface area contributed by atoms with Crippen LogP contribution in [0.2, 0.25) is 0 Å². The molecule has 0 saturated heterocycles. The van der Waals surface area contributed by atoms with Gasteiger partial charge in [0.05, 0.1) is 12.7 Å². The molecule has 0 aromatic heterocycles. The number of nitrogens with one attached hydrogen (secondary N) is 1. The van der Waals surface area contributed by atoms with Gasteiger partial charge in [0.2, 0.25) is 10.0 Å². The lowest BCUT2D eigenvalue weighted by Gasteiger charge is -2.11. The van der Waals surface area contributed by atoms with Gasteiger partial charge < -0.3 is 9.47 Å². The molecular formula is C21H25NO6S. The number of rotatable bonds is 10. The summed E-state index contributed by atoms with van der Waals surface area (Å²) in [6, 6.07) is 11.1. The van der Waals surface area contributed by atoms with Crippen LogP contribution in [0.15, 0.2) is 47.4 Å². The molecule has 0 atom stereocenters. The van der Waals surface area contributed by atoms with E-state index in [4.69, 9.17) is 9.47 Å². The van der Waals surface area contributed by atoms with Crippen molar-refractivity contribution in [2.45, 2.75) is 31.1 Å². The fraction of sp³-hybridized carbons (Fsp3) is 0.333. The maximum absolute atomic E-state index is 12.3. The van der Waals surface area contributed by atoms with Crippen LogP contribution >= 0.6 is 0 Å². The van der Waals surface area contributed by atoms with Crippen LogP contribution in [0.1, 0.15) is 46.0 Å². The number of sulfonamides is 1. The summed E-state index contributed by atoms with van der Waals surface area (Å²) < 4.78 is 36.5. The van der Waals surface area contributed by atoms with E-state index in [1.807, 2.05) is 12.1 Å². The number of aryl methyl sites for hydroxylation is 1.